The highest BCUT2D eigenvalue weighted by atomic mass is 15.1. The van der Waals surface area contributed by atoms with Crippen molar-refractivity contribution in [2.45, 2.75) is 26.3 Å². The summed E-state index contributed by atoms with van der Waals surface area (Å²) in [4.78, 5) is 2.21. The van der Waals surface area contributed by atoms with Crippen molar-refractivity contribution in [1.82, 2.24) is 5.32 Å². The van der Waals surface area contributed by atoms with Gasteiger partial charge >= 0.3 is 0 Å². The molecular weight excluding hydrogens is 244 g/mol. The molecule has 0 saturated heterocycles. The average molecular weight is 268 g/mol. The monoisotopic (exact) mass is 268 g/mol. The van der Waals surface area contributed by atoms with Crippen LogP contribution in [0.5, 0.6) is 0 Å². The first-order chi connectivity index (χ1) is 9.76. The van der Waals surface area contributed by atoms with Crippen molar-refractivity contribution in [2.24, 2.45) is 0 Å². The Morgan fingerprint density at radius 1 is 0.900 bits per heavy atom. The topological polar surface area (TPSA) is 15.3 Å². The quantitative estimate of drug-likeness (QED) is 0.829. The van der Waals surface area contributed by atoms with Crippen LogP contribution < -0.4 is 10.2 Å². The van der Waals surface area contributed by atoms with Gasteiger partial charge in [-0.05, 0) is 42.8 Å². The minimum Gasteiger partial charge on any atom is -0.345 e. The van der Waals surface area contributed by atoms with Gasteiger partial charge in [-0.2, -0.15) is 0 Å². The number of nitrogens with one attached hydrogen (secondary N) is 1. The molecule has 1 unspecified atom stereocenters. The number of para-hydroxylation sites is 1. The van der Waals surface area contributed by atoms with E-state index in [1.165, 1.54) is 16.9 Å². The van der Waals surface area contributed by atoms with E-state index in [2.05, 4.69) is 79.6 Å². The van der Waals surface area contributed by atoms with Crippen LogP contribution in [0.4, 0.5) is 11.4 Å². The zero-order chi connectivity index (χ0) is 14.4. The van der Waals surface area contributed by atoms with Gasteiger partial charge in [0, 0.05) is 24.5 Å². The van der Waals surface area contributed by atoms with Crippen molar-refractivity contribution in [3.63, 3.8) is 0 Å². The highest BCUT2D eigenvalue weighted by Crippen LogP contribution is 2.25. The lowest BCUT2D eigenvalue weighted by atomic mass is 10.0. The minimum absolute atomic E-state index is 0.455. The molecule has 20 heavy (non-hydrogen) atoms. The molecule has 0 aromatic heterocycles. The molecular formula is C18H24N2. The van der Waals surface area contributed by atoms with Crippen molar-refractivity contribution in [1.29, 1.82) is 0 Å². The third-order valence-electron chi connectivity index (χ3n) is 3.69. The van der Waals surface area contributed by atoms with Gasteiger partial charge in [0.15, 0.2) is 0 Å². The standard InChI is InChI=1S/C18H24N2/c1-4-18(19-5-2)15-11-13-17(14-12-15)20(3)16-9-7-6-8-10-16/h6-14,18-19H,4-5H2,1-3H3. The zero-order valence-corrected chi connectivity index (χ0v) is 12.6. The minimum atomic E-state index is 0.455. The maximum atomic E-state index is 3.52. The van der Waals surface area contributed by atoms with Crippen molar-refractivity contribution in [3.05, 3.63) is 60.2 Å². The fraction of sp³-hybridized carbons (Fsp3) is 0.333. The Morgan fingerprint density at radius 3 is 2.05 bits per heavy atom. The Morgan fingerprint density at radius 2 is 1.50 bits per heavy atom. The summed E-state index contributed by atoms with van der Waals surface area (Å²) < 4.78 is 0. The van der Waals surface area contributed by atoms with E-state index in [4.69, 9.17) is 0 Å². The van der Waals surface area contributed by atoms with Crippen LogP contribution >= 0.6 is 0 Å². The summed E-state index contributed by atoms with van der Waals surface area (Å²) in [5.41, 5.74) is 3.78. The van der Waals surface area contributed by atoms with Crippen LogP contribution in [-0.2, 0) is 0 Å². The average Bonchev–Trinajstić information content (AvgIpc) is 2.53. The lowest BCUT2D eigenvalue weighted by molar-refractivity contribution is 0.537. The summed E-state index contributed by atoms with van der Waals surface area (Å²) in [5.74, 6) is 0. The van der Waals surface area contributed by atoms with Crippen LogP contribution in [-0.4, -0.2) is 13.6 Å². The smallest absolute Gasteiger partial charge is 0.0408 e. The van der Waals surface area contributed by atoms with Crippen LogP contribution in [0.3, 0.4) is 0 Å². The predicted molar refractivity (Wildman–Crippen MR) is 87.7 cm³/mol. The molecule has 2 heteroatoms. The molecule has 0 fully saturated rings. The Labute approximate surface area is 122 Å². The van der Waals surface area contributed by atoms with E-state index >= 15 is 0 Å². The second kappa shape index (κ2) is 7.11. The highest BCUT2D eigenvalue weighted by molar-refractivity contribution is 5.62. The molecule has 2 nitrogen and oxygen atoms in total. The van der Waals surface area contributed by atoms with Crippen LogP contribution in [0.25, 0.3) is 0 Å². The second-order valence-corrected chi connectivity index (χ2v) is 5.00. The summed E-state index contributed by atoms with van der Waals surface area (Å²) in [6, 6.07) is 19.7. The third-order valence-corrected chi connectivity index (χ3v) is 3.69. The van der Waals surface area contributed by atoms with E-state index in [9.17, 15) is 0 Å². The van der Waals surface area contributed by atoms with Gasteiger partial charge in [-0.25, -0.2) is 0 Å². The maximum absolute atomic E-state index is 3.52. The number of hydrogen-bond donors (Lipinski definition) is 1. The number of benzene rings is 2. The fourth-order valence-corrected chi connectivity index (χ4v) is 2.48. The molecule has 2 aromatic rings. The van der Waals surface area contributed by atoms with E-state index in [-0.39, 0.29) is 0 Å². The van der Waals surface area contributed by atoms with Gasteiger partial charge in [0.25, 0.3) is 0 Å². The third kappa shape index (κ3) is 3.40. The summed E-state index contributed by atoms with van der Waals surface area (Å²) in [6.45, 7) is 5.38. The van der Waals surface area contributed by atoms with E-state index in [1.807, 2.05) is 6.07 Å². The summed E-state index contributed by atoms with van der Waals surface area (Å²) >= 11 is 0. The Kier molecular flexibility index (Phi) is 5.19. The molecule has 2 aromatic carbocycles. The van der Waals surface area contributed by atoms with Gasteiger partial charge in [0.2, 0.25) is 0 Å². The van der Waals surface area contributed by atoms with Crippen LogP contribution in [0.2, 0.25) is 0 Å². The van der Waals surface area contributed by atoms with Crippen LogP contribution in [0.1, 0.15) is 31.9 Å². The number of rotatable bonds is 6. The molecule has 0 saturated carbocycles. The Bertz CT molecular complexity index is 505. The molecule has 0 heterocycles. The molecule has 0 amide bonds. The van der Waals surface area contributed by atoms with Crippen molar-refractivity contribution in [2.75, 3.05) is 18.5 Å². The first-order valence-electron chi connectivity index (χ1n) is 7.38. The number of anilines is 2. The van der Waals surface area contributed by atoms with Gasteiger partial charge in [-0.1, -0.05) is 44.2 Å². The molecule has 0 radical (unpaired) electrons. The first-order valence-corrected chi connectivity index (χ1v) is 7.38. The lowest BCUT2D eigenvalue weighted by Gasteiger charge is -2.21. The molecule has 1 atom stereocenters. The van der Waals surface area contributed by atoms with E-state index in [0.29, 0.717) is 6.04 Å². The molecule has 0 bridgehead atoms. The van der Waals surface area contributed by atoms with Crippen molar-refractivity contribution in [3.8, 4) is 0 Å². The largest absolute Gasteiger partial charge is 0.345 e. The molecule has 0 aliphatic rings. The van der Waals surface area contributed by atoms with Gasteiger partial charge in [0.05, 0.1) is 0 Å². The molecule has 0 spiro atoms. The molecule has 0 aliphatic heterocycles. The van der Waals surface area contributed by atoms with Crippen LogP contribution in [0.15, 0.2) is 54.6 Å². The number of hydrogen-bond acceptors (Lipinski definition) is 2. The molecule has 1 N–H and O–H groups in total. The predicted octanol–water partition coefficient (Wildman–Crippen LogP) is 4.52. The fourth-order valence-electron chi connectivity index (χ4n) is 2.48. The Balaban J connectivity index is 2.15. The molecule has 106 valence electrons. The van der Waals surface area contributed by atoms with E-state index in [1.54, 1.807) is 0 Å². The van der Waals surface area contributed by atoms with Gasteiger partial charge in [-0.3, -0.25) is 0 Å². The lowest BCUT2D eigenvalue weighted by Crippen LogP contribution is -2.20. The van der Waals surface area contributed by atoms with Gasteiger partial charge in [0.1, 0.15) is 0 Å². The zero-order valence-electron chi connectivity index (χ0n) is 12.6. The van der Waals surface area contributed by atoms with Crippen LogP contribution in [0, 0.1) is 0 Å². The maximum Gasteiger partial charge on any atom is 0.0408 e. The second-order valence-electron chi connectivity index (χ2n) is 5.00. The van der Waals surface area contributed by atoms with Crippen molar-refractivity contribution < 1.29 is 0 Å². The van der Waals surface area contributed by atoms with E-state index < -0.39 is 0 Å². The summed E-state index contributed by atoms with van der Waals surface area (Å²) in [5, 5.41) is 3.52. The van der Waals surface area contributed by atoms with Gasteiger partial charge < -0.3 is 10.2 Å². The molecule has 2 rings (SSSR count). The number of nitrogens with zero attached hydrogens (tertiary/aromatic N) is 1. The van der Waals surface area contributed by atoms with Gasteiger partial charge in [-0.15, -0.1) is 0 Å². The summed E-state index contributed by atoms with van der Waals surface area (Å²) in [6.07, 6.45) is 1.11. The first kappa shape index (κ1) is 14.6. The summed E-state index contributed by atoms with van der Waals surface area (Å²) in [7, 11) is 2.10. The van der Waals surface area contributed by atoms with E-state index in [0.717, 1.165) is 13.0 Å². The van der Waals surface area contributed by atoms with Crippen molar-refractivity contribution >= 4 is 11.4 Å². The SMILES string of the molecule is CCNC(CC)c1ccc(N(C)c2ccccc2)cc1. The Hall–Kier alpha value is -1.80. The highest BCUT2D eigenvalue weighted by Gasteiger charge is 2.08. The molecule has 0 aliphatic carbocycles. The normalized spacial score (nSPS) is 12.2.